The smallest absolute Gasteiger partial charge is 0.0105 e. The van der Waals surface area contributed by atoms with Crippen LogP contribution in [-0.4, -0.2) is 12.6 Å². The van der Waals surface area contributed by atoms with E-state index in [1.165, 1.54) is 16.3 Å². The number of fused-ring (bicyclic) bond motifs is 1. The van der Waals surface area contributed by atoms with Gasteiger partial charge in [-0.3, -0.25) is 0 Å². The van der Waals surface area contributed by atoms with E-state index in [0.717, 1.165) is 6.54 Å². The molecule has 0 radical (unpaired) electrons. The summed E-state index contributed by atoms with van der Waals surface area (Å²) in [5, 5.41) is 6.22. The van der Waals surface area contributed by atoms with Crippen molar-refractivity contribution in [3.05, 3.63) is 48.0 Å². The molecular formula is C16H21N. The van der Waals surface area contributed by atoms with E-state index in [-0.39, 0.29) is 0 Å². The summed E-state index contributed by atoms with van der Waals surface area (Å²) in [5.41, 5.74) is 1.44. The molecule has 2 aromatic carbocycles. The summed E-state index contributed by atoms with van der Waals surface area (Å²) in [6.07, 6.45) is 0. The zero-order valence-electron chi connectivity index (χ0n) is 10.9. The molecule has 0 aromatic heterocycles. The lowest BCUT2D eigenvalue weighted by Gasteiger charge is -2.22. The number of rotatable bonds is 4. The SMILES string of the molecule is CCNC(C)C(C)c1cccc2ccccc12. The Bertz CT molecular complexity index is 484. The van der Waals surface area contributed by atoms with Crippen molar-refractivity contribution in [2.24, 2.45) is 0 Å². The first kappa shape index (κ1) is 12.1. The molecule has 2 aromatic rings. The van der Waals surface area contributed by atoms with Crippen molar-refractivity contribution in [2.75, 3.05) is 6.54 Å². The van der Waals surface area contributed by atoms with E-state index in [1.807, 2.05) is 0 Å². The number of hydrogen-bond donors (Lipinski definition) is 1. The van der Waals surface area contributed by atoms with E-state index < -0.39 is 0 Å². The lowest BCUT2D eigenvalue weighted by Crippen LogP contribution is -2.30. The lowest BCUT2D eigenvalue weighted by atomic mass is 9.90. The summed E-state index contributed by atoms with van der Waals surface area (Å²) in [7, 11) is 0. The molecule has 0 saturated heterocycles. The Hall–Kier alpha value is -1.34. The topological polar surface area (TPSA) is 12.0 Å². The van der Waals surface area contributed by atoms with Crippen LogP contribution in [0.1, 0.15) is 32.3 Å². The number of likely N-dealkylation sites (N-methyl/N-ethyl adjacent to an activating group) is 1. The second kappa shape index (κ2) is 5.33. The Morgan fingerprint density at radius 3 is 2.47 bits per heavy atom. The number of hydrogen-bond acceptors (Lipinski definition) is 1. The minimum Gasteiger partial charge on any atom is -0.314 e. The zero-order chi connectivity index (χ0) is 12.3. The van der Waals surface area contributed by atoms with Crippen LogP contribution in [0, 0.1) is 0 Å². The highest BCUT2D eigenvalue weighted by atomic mass is 14.9. The van der Waals surface area contributed by atoms with Gasteiger partial charge in [-0.05, 0) is 35.7 Å². The van der Waals surface area contributed by atoms with Gasteiger partial charge in [0.1, 0.15) is 0 Å². The van der Waals surface area contributed by atoms with Crippen LogP contribution in [0.4, 0.5) is 0 Å². The third kappa shape index (κ3) is 2.50. The molecule has 0 saturated carbocycles. The van der Waals surface area contributed by atoms with Crippen LogP contribution < -0.4 is 5.32 Å². The Kier molecular flexibility index (Phi) is 3.80. The van der Waals surface area contributed by atoms with Crippen LogP contribution in [-0.2, 0) is 0 Å². The molecule has 1 nitrogen and oxygen atoms in total. The molecule has 0 aliphatic rings. The predicted molar refractivity (Wildman–Crippen MR) is 75.5 cm³/mol. The van der Waals surface area contributed by atoms with Gasteiger partial charge in [0, 0.05) is 6.04 Å². The fourth-order valence-electron chi connectivity index (χ4n) is 2.42. The predicted octanol–water partition coefficient (Wildman–Crippen LogP) is 3.94. The highest BCUT2D eigenvalue weighted by Crippen LogP contribution is 2.27. The maximum Gasteiger partial charge on any atom is 0.0105 e. The van der Waals surface area contributed by atoms with Crippen molar-refractivity contribution >= 4 is 10.8 Å². The third-order valence-corrected chi connectivity index (χ3v) is 3.59. The van der Waals surface area contributed by atoms with Gasteiger partial charge in [0.05, 0.1) is 0 Å². The molecule has 0 aliphatic heterocycles. The highest BCUT2D eigenvalue weighted by molar-refractivity contribution is 5.86. The van der Waals surface area contributed by atoms with Crippen LogP contribution in [0.25, 0.3) is 10.8 Å². The van der Waals surface area contributed by atoms with Crippen LogP contribution >= 0.6 is 0 Å². The second-order valence-corrected chi connectivity index (χ2v) is 4.70. The fourth-order valence-corrected chi connectivity index (χ4v) is 2.42. The third-order valence-electron chi connectivity index (χ3n) is 3.59. The standard InChI is InChI=1S/C16H21N/c1-4-17-13(3)12(2)15-11-7-9-14-8-5-6-10-16(14)15/h5-13,17H,4H2,1-3H3. The summed E-state index contributed by atoms with van der Waals surface area (Å²) >= 11 is 0. The first-order valence-electron chi connectivity index (χ1n) is 6.45. The molecule has 0 amide bonds. The van der Waals surface area contributed by atoms with Gasteiger partial charge in [-0.1, -0.05) is 56.3 Å². The maximum atomic E-state index is 3.51. The Morgan fingerprint density at radius 1 is 1.00 bits per heavy atom. The normalized spacial score (nSPS) is 14.8. The van der Waals surface area contributed by atoms with Crippen molar-refractivity contribution in [3.8, 4) is 0 Å². The van der Waals surface area contributed by atoms with Crippen LogP contribution in [0.5, 0.6) is 0 Å². The molecular weight excluding hydrogens is 206 g/mol. The zero-order valence-corrected chi connectivity index (χ0v) is 10.9. The van der Waals surface area contributed by atoms with Gasteiger partial charge in [0.15, 0.2) is 0 Å². The molecule has 17 heavy (non-hydrogen) atoms. The molecule has 0 fully saturated rings. The van der Waals surface area contributed by atoms with Gasteiger partial charge in [-0.15, -0.1) is 0 Å². The molecule has 0 heterocycles. The molecule has 1 heteroatoms. The van der Waals surface area contributed by atoms with Gasteiger partial charge in [0.25, 0.3) is 0 Å². The average Bonchev–Trinajstić information content (AvgIpc) is 2.37. The first-order chi connectivity index (χ1) is 8.24. The Balaban J connectivity index is 2.41. The van der Waals surface area contributed by atoms with E-state index in [2.05, 4.69) is 68.6 Å². The molecule has 1 N–H and O–H groups in total. The van der Waals surface area contributed by atoms with Gasteiger partial charge in [0.2, 0.25) is 0 Å². The molecule has 2 unspecified atom stereocenters. The summed E-state index contributed by atoms with van der Waals surface area (Å²) < 4.78 is 0. The number of nitrogens with one attached hydrogen (secondary N) is 1. The molecule has 0 aliphatic carbocycles. The molecule has 2 rings (SSSR count). The Labute approximate surface area is 104 Å². The van der Waals surface area contributed by atoms with E-state index >= 15 is 0 Å². The van der Waals surface area contributed by atoms with Crippen molar-refractivity contribution in [3.63, 3.8) is 0 Å². The summed E-state index contributed by atoms with van der Waals surface area (Å²) in [6.45, 7) is 7.74. The van der Waals surface area contributed by atoms with Crippen molar-refractivity contribution in [2.45, 2.75) is 32.7 Å². The van der Waals surface area contributed by atoms with Crippen molar-refractivity contribution in [1.82, 2.24) is 5.32 Å². The quantitative estimate of drug-likeness (QED) is 0.834. The van der Waals surface area contributed by atoms with E-state index in [4.69, 9.17) is 0 Å². The highest BCUT2D eigenvalue weighted by Gasteiger charge is 2.15. The second-order valence-electron chi connectivity index (χ2n) is 4.70. The molecule has 0 spiro atoms. The van der Waals surface area contributed by atoms with E-state index in [9.17, 15) is 0 Å². The van der Waals surface area contributed by atoms with Crippen LogP contribution in [0.15, 0.2) is 42.5 Å². The summed E-state index contributed by atoms with van der Waals surface area (Å²) in [5.74, 6) is 0.529. The molecule has 2 atom stereocenters. The van der Waals surface area contributed by atoms with Gasteiger partial charge in [-0.25, -0.2) is 0 Å². The first-order valence-corrected chi connectivity index (χ1v) is 6.45. The van der Waals surface area contributed by atoms with Crippen molar-refractivity contribution < 1.29 is 0 Å². The summed E-state index contributed by atoms with van der Waals surface area (Å²) in [6, 6.07) is 15.7. The fraction of sp³-hybridized carbons (Fsp3) is 0.375. The molecule has 0 bridgehead atoms. The molecule has 90 valence electrons. The maximum absolute atomic E-state index is 3.51. The average molecular weight is 227 g/mol. The van der Waals surface area contributed by atoms with Gasteiger partial charge >= 0.3 is 0 Å². The monoisotopic (exact) mass is 227 g/mol. The number of benzene rings is 2. The summed E-state index contributed by atoms with van der Waals surface area (Å²) in [4.78, 5) is 0. The van der Waals surface area contributed by atoms with Gasteiger partial charge in [-0.2, -0.15) is 0 Å². The largest absolute Gasteiger partial charge is 0.314 e. The van der Waals surface area contributed by atoms with Crippen LogP contribution in [0.2, 0.25) is 0 Å². The van der Waals surface area contributed by atoms with Crippen molar-refractivity contribution in [1.29, 1.82) is 0 Å². The van der Waals surface area contributed by atoms with Crippen LogP contribution in [0.3, 0.4) is 0 Å². The van der Waals surface area contributed by atoms with E-state index in [0.29, 0.717) is 12.0 Å². The van der Waals surface area contributed by atoms with E-state index in [1.54, 1.807) is 0 Å². The Morgan fingerprint density at radius 2 is 1.71 bits per heavy atom. The minimum absolute atomic E-state index is 0.505. The van der Waals surface area contributed by atoms with Gasteiger partial charge < -0.3 is 5.32 Å². The lowest BCUT2D eigenvalue weighted by molar-refractivity contribution is 0.497. The minimum atomic E-state index is 0.505.